The second-order valence-electron chi connectivity index (χ2n) is 19.0. The van der Waals surface area contributed by atoms with E-state index in [1.807, 2.05) is 107 Å². The Labute approximate surface area is 430 Å². The number of benzene rings is 4. The number of piperazine rings is 1. The number of nitrogens with one attached hydrogen (secondary N) is 2. The minimum atomic E-state index is -0.994. The van der Waals surface area contributed by atoms with Gasteiger partial charge in [-0.05, 0) is 83.6 Å². The van der Waals surface area contributed by atoms with Crippen molar-refractivity contribution >= 4 is 66.4 Å². The number of ether oxygens (including phenoxy) is 3. The zero-order chi connectivity index (χ0) is 50.2. The van der Waals surface area contributed by atoms with Crippen LogP contribution in [0.25, 0.3) is 31.0 Å². The van der Waals surface area contributed by atoms with Crippen molar-refractivity contribution in [3.8, 4) is 43.9 Å². The summed E-state index contributed by atoms with van der Waals surface area (Å²) in [6, 6.07) is 25.8. The normalized spacial score (nSPS) is 17.5. The highest BCUT2D eigenvalue weighted by molar-refractivity contribution is 9.10. The molecular formula is C53H61BrN6O9S2. The van der Waals surface area contributed by atoms with Crippen LogP contribution in [0, 0.1) is 12.3 Å². The van der Waals surface area contributed by atoms with Gasteiger partial charge in [0.15, 0.2) is 5.75 Å². The summed E-state index contributed by atoms with van der Waals surface area (Å²) in [7, 11) is 0. The molecule has 6 aromatic rings. The predicted octanol–water partition coefficient (Wildman–Crippen LogP) is 7.62. The Bertz CT molecular complexity index is 2760. The Kier molecular flexibility index (Phi) is 17.1. The number of carbonyl (C=O) groups excluding carboxylic acids is 3. The number of hydrogen-bond donors (Lipinski definition) is 5. The molecule has 0 spiro atoms. The number of aromatic nitrogens is 1. The first-order chi connectivity index (χ1) is 34.1. The van der Waals surface area contributed by atoms with E-state index in [9.17, 15) is 29.7 Å². The van der Waals surface area contributed by atoms with Crippen molar-refractivity contribution in [2.24, 2.45) is 5.41 Å². The van der Waals surface area contributed by atoms with E-state index in [4.69, 9.17) is 14.2 Å². The number of aliphatic hydroxyl groups is 2. The van der Waals surface area contributed by atoms with Crippen LogP contribution >= 0.6 is 38.6 Å². The number of β-amino-alcohol motifs (C(OH)–C–C–N with tert-alkyl or cyclic N) is 1. The molecule has 2 saturated heterocycles. The number of halogens is 1. The number of likely N-dealkylation sites (tertiary alicyclic amines) is 1. The van der Waals surface area contributed by atoms with Gasteiger partial charge in [0.1, 0.15) is 42.5 Å². The van der Waals surface area contributed by atoms with Crippen molar-refractivity contribution in [1.29, 1.82) is 0 Å². The van der Waals surface area contributed by atoms with E-state index >= 15 is 0 Å². The van der Waals surface area contributed by atoms with Gasteiger partial charge in [-0.3, -0.25) is 24.2 Å². The molecule has 0 radical (unpaired) electrons. The van der Waals surface area contributed by atoms with Crippen molar-refractivity contribution in [3.63, 3.8) is 0 Å². The highest BCUT2D eigenvalue weighted by Gasteiger charge is 2.45. The minimum Gasteiger partial charge on any atom is -0.508 e. The third-order valence-corrected chi connectivity index (χ3v) is 15.5. The molecule has 3 amide bonds. The predicted molar refractivity (Wildman–Crippen MR) is 280 cm³/mol. The molecule has 2 aromatic heterocycles. The van der Waals surface area contributed by atoms with Gasteiger partial charge in [-0.25, -0.2) is 4.98 Å². The lowest BCUT2D eigenvalue weighted by Gasteiger charge is -2.35. The van der Waals surface area contributed by atoms with Gasteiger partial charge in [0.05, 0.1) is 46.3 Å². The van der Waals surface area contributed by atoms with Gasteiger partial charge in [0.2, 0.25) is 17.7 Å². The maximum Gasteiger partial charge on any atom is 0.246 e. The summed E-state index contributed by atoms with van der Waals surface area (Å²) in [5, 5.41) is 37.7. The fourth-order valence-corrected chi connectivity index (χ4v) is 11.1. The van der Waals surface area contributed by atoms with E-state index in [2.05, 4.69) is 41.3 Å². The molecule has 376 valence electrons. The van der Waals surface area contributed by atoms with E-state index in [1.54, 1.807) is 29.0 Å². The largest absolute Gasteiger partial charge is 0.508 e. The Hall–Kier alpha value is -5.44. The molecule has 4 heterocycles. The molecule has 0 aliphatic carbocycles. The fraction of sp³-hybridized carbons (Fsp3) is 0.396. The van der Waals surface area contributed by atoms with Crippen LogP contribution in [-0.2, 0) is 19.1 Å². The number of carbonyl (C=O) groups is 3. The number of aromatic hydroxyl groups is 1. The topological polar surface area (TPSA) is 186 Å². The third-order valence-electron chi connectivity index (χ3n) is 12.8. The zero-order valence-corrected chi connectivity index (χ0v) is 43.5. The second-order valence-corrected chi connectivity index (χ2v) is 21.8. The van der Waals surface area contributed by atoms with Crippen LogP contribution in [0.4, 0.5) is 0 Å². The van der Waals surface area contributed by atoms with E-state index in [1.165, 1.54) is 16.2 Å². The number of phenols is 1. The highest BCUT2D eigenvalue weighted by atomic mass is 79.9. The van der Waals surface area contributed by atoms with Gasteiger partial charge < -0.3 is 45.1 Å². The zero-order valence-electron chi connectivity index (χ0n) is 40.3. The monoisotopic (exact) mass is 1070 g/mol. The molecule has 0 saturated carbocycles. The maximum absolute atomic E-state index is 14.1. The molecule has 2 aliphatic heterocycles. The molecule has 15 nitrogen and oxygen atoms in total. The quantitative estimate of drug-likeness (QED) is 0.0501. The van der Waals surface area contributed by atoms with Crippen LogP contribution in [0.1, 0.15) is 44.5 Å². The molecule has 0 bridgehead atoms. The summed E-state index contributed by atoms with van der Waals surface area (Å²) < 4.78 is 20.3. The molecule has 2 aliphatic rings. The standard InChI is InChI=1S/C53H61BrN6O9S2/c1-33-48(70-32-55-33)35-7-5-34(6-8-35)43(30-61)56-51(65)44-27-39(63)29-60(44)52(66)50(53(2,3)4)57-46(64)31-67-25-23-58-19-21-59(22-20-58)24-26-68-40-14-16-41(17-15-40)69-47-42-18-13-38(62)28-45(42)71-49(47)36-9-11-37(54)12-10-36/h5-18,28,32,39,43-44,50,61-63H,19-27,29-31H2,1-4H3,(H,56,65)(H,57,64)/t39-,43+,44+,50-/m1/s1. The van der Waals surface area contributed by atoms with Crippen LogP contribution in [0.15, 0.2) is 101 Å². The Balaban J connectivity index is 0.746. The molecule has 2 fully saturated rings. The fourth-order valence-electron chi connectivity index (χ4n) is 8.83. The molecule has 4 atom stereocenters. The second kappa shape index (κ2) is 23.4. The number of thiazole rings is 1. The van der Waals surface area contributed by atoms with Crippen LogP contribution in [0.5, 0.6) is 23.0 Å². The lowest BCUT2D eigenvalue weighted by molar-refractivity contribution is -0.144. The first-order valence-corrected chi connectivity index (χ1v) is 26.3. The van der Waals surface area contributed by atoms with E-state index < -0.39 is 47.4 Å². The minimum absolute atomic E-state index is 0.0278. The summed E-state index contributed by atoms with van der Waals surface area (Å²) in [5.41, 5.74) is 4.68. The average molecular weight is 1070 g/mol. The van der Waals surface area contributed by atoms with Gasteiger partial charge in [-0.1, -0.05) is 73.1 Å². The number of amides is 3. The number of aliphatic hydroxyl groups excluding tert-OH is 2. The van der Waals surface area contributed by atoms with Crippen LogP contribution in [0.3, 0.4) is 0 Å². The first kappa shape index (κ1) is 51.9. The van der Waals surface area contributed by atoms with Crippen molar-refractivity contribution in [2.75, 3.05) is 72.2 Å². The van der Waals surface area contributed by atoms with Gasteiger partial charge in [0, 0.05) is 66.8 Å². The number of phenolic OH excluding ortho intramolecular Hbond substituents is 1. The summed E-state index contributed by atoms with van der Waals surface area (Å²) in [4.78, 5) is 53.4. The molecular weight excluding hydrogens is 1010 g/mol. The Morgan fingerprint density at radius 2 is 1.51 bits per heavy atom. The number of nitrogens with zero attached hydrogens (tertiary/aromatic N) is 4. The van der Waals surface area contributed by atoms with E-state index in [0.29, 0.717) is 31.1 Å². The maximum atomic E-state index is 14.1. The molecule has 5 N–H and O–H groups in total. The molecule has 18 heteroatoms. The van der Waals surface area contributed by atoms with Crippen molar-refractivity contribution in [3.05, 3.63) is 112 Å². The highest BCUT2D eigenvalue weighted by Crippen LogP contribution is 2.47. The smallest absolute Gasteiger partial charge is 0.246 e. The van der Waals surface area contributed by atoms with Crippen LogP contribution in [-0.4, -0.2) is 143 Å². The van der Waals surface area contributed by atoms with Crippen LogP contribution < -0.4 is 20.1 Å². The van der Waals surface area contributed by atoms with Gasteiger partial charge in [0.25, 0.3) is 0 Å². The molecule has 0 unspecified atom stereocenters. The lowest BCUT2D eigenvalue weighted by atomic mass is 9.85. The summed E-state index contributed by atoms with van der Waals surface area (Å²) >= 11 is 6.63. The van der Waals surface area contributed by atoms with Crippen molar-refractivity contribution < 1.29 is 43.9 Å². The Morgan fingerprint density at radius 1 is 0.859 bits per heavy atom. The summed E-state index contributed by atoms with van der Waals surface area (Å²) in [6.07, 6.45) is -0.902. The average Bonchev–Trinajstić information content (AvgIpc) is 4.08. The summed E-state index contributed by atoms with van der Waals surface area (Å²) in [6.45, 7) is 12.5. The number of fused-ring (bicyclic) bond motifs is 1. The van der Waals surface area contributed by atoms with E-state index in [0.717, 1.165) is 85.4 Å². The third kappa shape index (κ3) is 13.2. The SMILES string of the molecule is Cc1ncsc1-c1ccc([C@H](CO)NC(=O)[C@@H]2C[C@@H](O)CN2C(=O)[C@@H](NC(=O)COCCN2CCN(CCOc3ccc(Oc4c(-c5ccc(Br)cc5)sc5cc(O)ccc45)cc3)CC2)C(C)(C)C)cc1. The number of aryl methyl sites for hydroxylation is 1. The molecule has 71 heavy (non-hydrogen) atoms. The number of rotatable bonds is 19. The summed E-state index contributed by atoms with van der Waals surface area (Å²) in [5.74, 6) is 0.956. The molecule has 8 rings (SSSR count). The van der Waals surface area contributed by atoms with Crippen molar-refractivity contribution in [2.45, 2.75) is 58.3 Å². The number of thiophene rings is 1. The Morgan fingerprint density at radius 3 is 2.15 bits per heavy atom. The lowest BCUT2D eigenvalue weighted by Crippen LogP contribution is -2.58. The van der Waals surface area contributed by atoms with Gasteiger partial charge >= 0.3 is 0 Å². The van der Waals surface area contributed by atoms with Crippen molar-refractivity contribution in [1.82, 2.24) is 30.3 Å². The molecule has 4 aromatic carbocycles. The van der Waals surface area contributed by atoms with Gasteiger partial charge in [-0.2, -0.15) is 0 Å². The van der Waals surface area contributed by atoms with Crippen LogP contribution in [0.2, 0.25) is 0 Å². The van der Waals surface area contributed by atoms with Gasteiger partial charge in [-0.15, -0.1) is 22.7 Å². The van der Waals surface area contributed by atoms with E-state index in [-0.39, 0.29) is 31.9 Å². The first-order valence-electron chi connectivity index (χ1n) is 23.8. The number of hydrogen-bond acceptors (Lipinski definition) is 14.